The zero-order chi connectivity index (χ0) is 42.8. The minimum atomic E-state index is -0.333. The van der Waals surface area contributed by atoms with Gasteiger partial charge in [0.2, 0.25) is 0 Å². The van der Waals surface area contributed by atoms with E-state index in [2.05, 4.69) is 150 Å². The molecule has 302 valence electrons. The van der Waals surface area contributed by atoms with E-state index in [0.717, 1.165) is 55.5 Å². The quantitative estimate of drug-likeness (QED) is 0.131. The van der Waals surface area contributed by atoms with E-state index in [9.17, 15) is 9.59 Å². The normalized spacial score (nSPS) is 15.1. The molecule has 2 aliphatic carbocycles. The van der Waals surface area contributed by atoms with E-state index in [1.165, 1.54) is 21.6 Å². The number of benzene rings is 3. The molecule has 0 N–H and O–H groups in total. The van der Waals surface area contributed by atoms with Gasteiger partial charge in [0.1, 0.15) is 0 Å². The van der Waals surface area contributed by atoms with Gasteiger partial charge in [-0.3, -0.25) is 19.6 Å². The van der Waals surface area contributed by atoms with E-state index >= 15 is 0 Å². The summed E-state index contributed by atoms with van der Waals surface area (Å²) in [7, 11) is 0. The molecule has 3 aromatic carbocycles. The summed E-state index contributed by atoms with van der Waals surface area (Å²) in [5.74, 6) is -0.399. The van der Waals surface area contributed by atoms with Crippen LogP contribution < -0.4 is 4.90 Å². The van der Waals surface area contributed by atoms with Gasteiger partial charge in [-0.2, -0.15) is 0 Å². The highest BCUT2D eigenvalue weighted by atomic mass is 32.1. The Kier molecular flexibility index (Phi) is 9.22. The first-order valence-corrected chi connectivity index (χ1v) is 21.6. The van der Waals surface area contributed by atoms with Crippen molar-refractivity contribution in [2.75, 3.05) is 4.90 Å². The number of pyridine rings is 2. The van der Waals surface area contributed by atoms with Crippen LogP contribution in [0.5, 0.6) is 0 Å². The van der Waals surface area contributed by atoms with Crippen LogP contribution in [0, 0.1) is 0 Å². The summed E-state index contributed by atoms with van der Waals surface area (Å²) in [5, 5.41) is 1.92. The van der Waals surface area contributed by atoms with Crippen molar-refractivity contribution in [1.29, 1.82) is 0 Å². The Morgan fingerprint density at radius 3 is 1.39 bits per heavy atom. The molecule has 3 aromatic heterocycles. The molecule has 0 saturated carbocycles. The summed E-state index contributed by atoms with van der Waals surface area (Å²) < 4.78 is 0. The standard InChI is InChI=1S/C53H57N3O2S/c1-49(2,3)42-24-33(25-43(54-42)50(4,5)6)56(34-26-44(51(7,8)9)55-45(27-34)52(10,11)12)32-19-20-36-40(23-32)53(13,14)41-29-35(59-48(36)41)28-39-46(57)37-21-30-17-15-16-18-31(30)22-38(37)47(39)58/h15-29H,1-14H3. The topological polar surface area (TPSA) is 63.2 Å². The predicted molar refractivity (Wildman–Crippen MR) is 248 cm³/mol. The van der Waals surface area contributed by atoms with Crippen LogP contribution in [-0.4, -0.2) is 21.5 Å². The van der Waals surface area contributed by atoms with Gasteiger partial charge >= 0.3 is 0 Å². The number of aromatic nitrogens is 2. The number of ketones is 2. The van der Waals surface area contributed by atoms with E-state index in [1.54, 1.807) is 11.3 Å². The molecule has 0 unspecified atom stereocenters. The fourth-order valence-electron chi connectivity index (χ4n) is 8.23. The molecular weight excluding hydrogens is 743 g/mol. The lowest BCUT2D eigenvalue weighted by Gasteiger charge is -2.33. The maximum Gasteiger partial charge on any atom is 0.197 e. The van der Waals surface area contributed by atoms with Crippen molar-refractivity contribution in [2.45, 2.75) is 124 Å². The highest BCUT2D eigenvalue weighted by molar-refractivity contribution is 7.16. The third kappa shape index (κ3) is 7.07. The molecule has 0 spiro atoms. The number of carbonyl (C=O) groups excluding carboxylic acids is 2. The molecule has 6 aromatic rings. The Bertz CT molecular complexity index is 2570. The maximum atomic E-state index is 13.7. The van der Waals surface area contributed by atoms with Crippen molar-refractivity contribution in [3.8, 4) is 10.4 Å². The number of carbonyl (C=O) groups is 2. The Morgan fingerprint density at radius 2 is 0.966 bits per heavy atom. The van der Waals surface area contributed by atoms with Crippen molar-refractivity contribution in [1.82, 2.24) is 9.97 Å². The molecule has 0 atom stereocenters. The number of rotatable bonds is 4. The van der Waals surface area contributed by atoms with Crippen molar-refractivity contribution in [3.63, 3.8) is 0 Å². The van der Waals surface area contributed by atoms with Crippen LogP contribution in [-0.2, 0) is 27.1 Å². The number of fused-ring (bicyclic) bond motifs is 5. The van der Waals surface area contributed by atoms with Gasteiger partial charge in [0.05, 0.1) is 5.57 Å². The largest absolute Gasteiger partial charge is 0.310 e. The van der Waals surface area contributed by atoms with Crippen LogP contribution >= 0.6 is 11.3 Å². The Hall–Kier alpha value is -5.20. The van der Waals surface area contributed by atoms with E-state index in [-0.39, 0.29) is 44.2 Å². The zero-order valence-electron chi connectivity index (χ0n) is 37.2. The van der Waals surface area contributed by atoms with Gasteiger partial charge in [0.25, 0.3) is 0 Å². The number of hydrogen-bond acceptors (Lipinski definition) is 6. The van der Waals surface area contributed by atoms with Crippen LogP contribution in [0.4, 0.5) is 17.1 Å². The summed E-state index contributed by atoms with van der Waals surface area (Å²) in [6.07, 6.45) is 1.82. The van der Waals surface area contributed by atoms with Crippen LogP contribution in [0.1, 0.15) is 156 Å². The van der Waals surface area contributed by atoms with E-state index < -0.39 is 0 Å². The van der Waals surface area contributed by atoms with Gasteiger partial charge in [-0.15, -0.1) is 11.3 Å². The van der Waals surface area contributed by atoms with Crippen LogP contribution in [0.25, 0.3) is 27.3 Å². The summed E-state index contributed by atoms with van der Waals surface area (Å²) in [6.45, 7) is 31.4. The molecule has 0 amide bonds. The van der Waals surface area contributed by atoms with Crippen molar-refractivity contribution < 1.29 is 9.59 Å². The van der Waals surface area contributed by atoms with Gasteiger partial charge in [-0.05, 0) is 88.1 Å². The lowest BCUT2D eigenvalue weighted by atomic mass is 9.82. The third-order valence-corrected chi connectivity index (χ3v) is 13.1. The van der Waals surface area contributed by atoms with E-state index in [4.69, 9.17) is 9.97 Å². The maximum absolute atomic E-state index is 13.7. The summed E-state index contributed by atoms with van der Waals surface area (Å²) in [4.78, 5) is 42.4. The minimum absolute atomic E-state index is 0.168. The number of Topliss-reactive ketones (excluding diaryl/α,β-unsaturated/α-hetero) is 2. The Labute approximate surface area is 354 Å². The predicted octanol–water partition coefficient (Wildman–Crippen LogP) is 14.1. The van der Waals surface area contributed by atoms with Gasteiger partial charge in [-0.1, -0.05) is 127 Å². The summed E-state index contributed by atoms with van der Waals surface area (Å²) in [5.41, 5.74) is 11.2. The van der Waals surface area contributed by atoms with Crippen LogP contribution in [0.3, 0.4) is 0 Å². The second-order valence-electron chi connectivity index (χ2n) is 21.2. The first kappa shape index (κ1) is 40.6. The fraction of sp³-hybridized carbons (Fsp3) is 0.358. The molecule has 8 rings (SSSR count). The highest BCUT2D eigenvalue weighted by Crippen LogP contribution is 2.54. The van der Waals surface area contributed by atoms with Gasteiger partial charge in [-0.25, -0.2) is 0 Å². The SMILES string of the molecule is CC(C)(C)c1cc(N(c2cc(C(C)(C)C)nc(C(C)(C)C)c2)c2ccc3c(c2)C(C)(C)c2cc(C=C4C(=O)c5cc6ccccc6cc5C4=O)sc2-3)cc(C(C)(C)C)n1. The molecule has 5 nitrogen and oxygen atoms in total. The smallest absolute Gasteiger partial charge is 0.197 e. The second-order valence-corrected chi connectivity index (χ2v) is 22.3. The zero-order valence-corrected chi connectivity index (χ0v) is 38.0. The first-order chi connectivity index (χ1) is 27.3. The molecule has 2 aliphatic rings. The monoisotopic (exact) mass is 799 g/mol. The minimum Gasteiger partial charge on any atom is -0.310 e. The van der Waals surface area contributed by atoms with Gasteiger partial charge in [0, 0.05) is 87.8 Å². The third-order valence-electron chi connectivity index (χ3n) is 12.0. The number of allylic oxidation sites excluding steroid dienone is 1. The highest BCUT2D eigenvalue weighted by Gasteiger charge is 2.39. The van der Waals surface area contributed by atoms with Crippen LogP contribution in [0.15, 0.2) is 90.5 Å². The molecule has 0 fully saturated rings. The molecule has 0 radical (unpaired) electrons. The molecule has 3 heterocycles. The number of thiophene rings is 1. The first-order valence-electron chi connectivity index (χ1n) is 20.8. The number of anilines is 3. The van der Waals surface area contributed by atoms with Crippen LogP contribution in [0.2, 0.25) is 0 Å². The van der Waals surface area contributed by atoms with Gasteiger partial charge < -0.3 is 4.90 Å². The lowest BCUT2D eigenvalue weighted by molar-refractivity contribution is 0.0990. The van der Waals surface area contributed by atoms with Crippen molar-refractivity contribution >= 4 is 56.8 Å². The molecule has 59 heavy (non-hydrogen) atoms. The molecule has 0 bridgehead atoms. The molecule has 0 saturated heterocycles. The Morgan fingerprint density at radius 1 is 0.525 bits per heavy atom. The van der Waals surface area contributed by atoms with Gasteiger partial charge in [0.15, 0.2) is 11.6 Å². The molecule has 6 heteroatoms. The molecular formula is C53H57N3O2S. The van der Waals surface area contributed by atoms with E-state index in [1.807, 2.05) is 42.5 Å². The average Bonchev–Trinajstić information content (AvgIpc) is 3.74. The van der Waals surface area contributed by atoms with Crippen molar-refractivity contribution in [3.05, 3.63) is 140 Å². The summed E-state index contributed by atoms with van der Waals surface area (Å²) in [6, 6.07) is 29.7. The van der Waals surface area contributed by atoms with Crippen molar-refractivity contribution in [2.24, 2.45) is 0 Å². The average molecular weight is 800 g/mol. The number of nitrogens with zero attached hydrogens (tertiary/aromatic N) is 3. The summed E-state index contributed by atoms with van der Waals surface area (Å²) >= 11 is 1.65. The number of hydrogen-bond donors (Lipinski definition) is 0. The van der Waals surface area contributed by atoms with E-state index in [0.29, 0.717) is 11.1 Å². The lowest BCUT2D eigenvalue weighted by Crippen LogP contribution is -2.24. The Balaban J connectivity index is 1.27. The fourth-order valence-corrected chi connectivity index (χ4v) is 9.54. The molecule has 0 aliphatic heterocycles. The second kappa shape index (κ2) is 13.4.